The van der Waals surface area contributed by atoms with E-state index in [-0.39, 0.29) is 11.3 Å². The Hall–Kier alpha value is -2.87. The number of sulfonamides is 1. The molecule has 0 bridgehead atoms. The average Bonchev–Trinajstić information content (AvgIpc) is 2.53. The summed E-state index contributed by atoms with van der Waals surface area (Å²) in [4.78, 5) is 23.3. The molecule has 2 aromatic carbocycles. The van der Waals surface area contributed by atoms with E-state index in [2.05, 4.69) is 4.72 Å². The van der Waals surface area contributed by atoms with E-state index in [1.54, 1.807) is 36.4 Å². The Morgan fingerprint density at radius 3 is 1.96 bits per heavy atom. The Balaban J connectivity index is 2.21. The molecule has 8 heteroatoms. The molecule has 0 heterocycles. The highest BCUT2D eigenvalue weighted by Gasteiger charge is 2.34. The molecule has 2 rings (SSSR count). The Morgan fingerprint density at radius 2 is 1.43 bits per heavy atom. The molecule has 120 valence electrons. The summed E-state index contributed by atoms with van der Waals surface area (Å²) in [7, 11) is -4.36. The minimum atomic E-state index is -4.36. The van der Waals surface area contributed by atoms with Gasteiger partial charge in [-0.3, -0.25) is 9.52 Å². The van der Waals surface area contributed by atoms with Crippen LogP contribution in [0, 0.1) is 0 Å². The van der Waals surface area contributed by atoms with Crippen LogP contribution in [0.5, 0.6) is 0 Å². The monoisotopic (exact) mass is 334 g/mol. The van der Waals surface area contributed by atoms with Crippen molar-refractivity contribution < 1.29 is 23.1 Å². The zero-order valence-electron chi connectivity index (χ0n) is 11.8. The molecular weight excluding hydrogens is 320 g/mol. The van der Waals surface area contributed by atoms with Crippen LogP contribution in [0.25, 0.3) is 0 Å². The third-order valence-electron chi connectivity index (χ3n) is 2.87. The first-order valence-corrected chi connectivity index (χ1v) is 8.10. The van der Waals surface area contributed by atoms with Crippen molar-refractivity contribution >= 4 is 27.6 Å². The quantitative estimate of drug-likeness (QED) is 0.736. The van der Waals surface area contributed by atoms with Crippen LogP contribution in [0.15, 0.2) is 60.7 Å². The van der Waals surface area contributed by atoms with E-state index in [1.807, 2.05) is 5.32 Å². The smallest absolute Gasteiger partial charge is 0.344 e. The van der Waals surface area contributed by atoms with Crippen LogP contribution in [0.3, 0.4) is 0 Å². The van der Waals surface area contributed by atoms with Crippen molar-refractivity contribution in [3.05, 3.63) is 66.2 Å². The Labute approximate surface area is 133 Å². The van der Waals surface area contributed by atoms with Crippen molar-refractivity contribution in [1.82, 2.24) is 5.32 Å². The fourth-order valence-electron chi connectivity index (χ4n) is 1.79. The lowest BCUT2D eigenvalue weighted by atomic mass is 10.2. The lowest BCUT2D eigenvalue weighted by Gasteiger charge is -2.16. The van der Waals surface area contributed by atoms with Crippen molar-refractivity contribution in [3.63, 3.8) is 0 Å². The van der Waals surface area contributed by atoms with Gasteiger partial charge in [0.05, 0.1) is 0 Å². The summed E-state index contributed by atoms with van der Waals surface area (Å²) in [6.07, 6.45) is 0. The van der Waals surface area contributed by atoms with Gasteiger partial charge in [0.15, 0.2) is 0 Å². The summed E-state index contributed by atoms with van der Waals surface area (Å²) in [5.74, 6) is -2.48. The van der Waals surface area contributed by atoms with Crippen LogP contribution < -0.4 is 10.0 Å². The van der Waals surface area contributed by atoms with Crippen molar-refractivity contribution in [2.24, 2.45) is 0 Å². The maximum Gasteiger partial charge on any atom is 0.344 e. The molecule has 23 heavy (non-hydrogen) atoms. The number of carboxylic acid groups (broad SMARTS) is 1. The lowest BCUT2D eigenvalue weighted by molar-refractivity contribution is -0.137. The molecule has 1 unspecified atom stereocenters. The van der Waals surface area contributed by atoms with Crippen LogP contribution in [0.4, 0.5) is 5.69 Å². The summed E-state index contributed by atoms with van der Waals surface area (Å²) < 4.78 is 26.5. The van der Waals surface area contributed by atoms with Crippen molar-refractivity contribution in [2.45, 2.75) is 5.37 Å². The van der Waals surface area contributed by atoms with Crippen LogP contribution in [-0.2, 0) is 14.8 Å². The minimum absolute atomic E-state index is 0.161. The highest BCUT2D eigenvalue weighted by atomic mass is 32.2. The normalized spacial score (nSPS) is 12.2. The van der Waals surface area contributed by atoms with Gasteiger partial charge in [-0.1, -0.05) is 36.4 Å². The summed E-state index contributed by atoms with van der Waals surface area (Å²) >= 11 is 0. The van der Waals surface area contributed by atoms with Crippen LogP contribution in [0.2, 0.25) is 0 Å². The summed E-state index contributed by atoms with van der Waals surface area (Å²) in [5, 5.41) is 9.04. The standard InChI is InChI=1S/C15H14N2O5S/c18-13(11-7-3-1-4-8-11)16-14(15(19)20)23(21,22)17-12-9-5-2-6-10-12/h1-10,14,17H,(H,16,18)(H,19,20). The molecule has 0 aliphatic rings. The predicted octanol–water partition coefficient (Wildman–Crippen LogP) is 1.27. The number of amides is 1. The molecule has 7 nitrogen and oxygen atoms in total. The topological polar surface area (TPSA) is 113 Å². The molecule has 1 amide bonds. The first-order chi connectivity index (χ1) is 10.9. The largest absolute Gasteiger partial charge is 0.479 e. The second-order valence-corrected chi connectivity index (χ2v) is 6.34. The summed E-state index contributed by atoms with van der Waals surface area (Å²) in [6, 6.07) is 15.6. The van der Waals surface area contributed by atoms with E-state index in [1.165, 1.54) is 24.3 Å². The Morgan fingerprint density at radius 1 is 0.913 bits per heavy atom. The molecule has 0 fully saturated rings. The molecule has 0 aliphatic heterocycles. The number of aliphatic carboxylic acids is 1. The predicted molar refractivity (Wildman–Crippen MR) is 84.3 cm³/mol. The van der Waals surface area contributed by atoms with E-state index < -0.39 is 27.3 Å². The molecule has 1 atom stereocenters. The molecule has 0 aliphatic carbocycles. The van der Waals surface area contributed by atoms with E-state index >= 15 is 0 Å². The zero-order chi connectivity index (χ0) is 16.9. The number of carboxylic acids is 1. The molecule has 0 aromatic heterocycles. The Kier molecular flexibility index (Phi) is 4.97. The number of hydrogen-bond acceptors (Lipinski definition) is 4. The number of nitrogens with one attached hydrogen (secondary N) is 2. The summed E-state index contributed by atoms with van der Waals surface area (Å²) in [5.41, 5.74) is 0.362. The number of carbonyl (C=O) groups is 2. The van der Waals surface area contributed by atoms with Crippen LogP contribution in [0.1, 0.15) is 10.4 Å². The zero-order valence-corrected chi connectivity index (χ0v) is 12.7. The van der Waals surface area contributed by atoms with Gasteiger partial charge >= 0.3 is 5.97 Å². The number of rotatable bonds is 6. The van der Waals surface area contributed by atoms with Gasteiger partial charge in [-0.25, -0.2) is 13.2 Å². The van der Waals surface area contributed by atoms with E-state index in [4.69, 9.17) is 5.11 Å². The molecule has 0 radical (unpaired) electrons. The van der Waals surface area contributed by atoms with Gasteiger partial charge < -0.3 is 10.4 Å². The molecule has 0 saturated carbocycles. The second-order valence-electron chi connectivity index (χ2n) is 4.57. The van der Waals surface area contributed by atoms with Crippen molar-refractivity contribution in [1.29, 1.82) is 0 Å². The molecule has 3 N–H and O–H groups in total. The van der Waals surface area contributed by atoms with Gasteiger partial charge in [-0.05, 0) is 24.3 Å². The third kappa shape index (κ3) is 4.30. The number of hydrogen-bond donors (Lipinski definition) is 3. The number of carbonyl (C=O) groups excluding carboxylic acids is 1. The Bertz CT molecular complexity index is 791. The maximum atomic E-state index is 12.2. The minimum Gasteiger partial charge on any atom is -0.479 e. The van der Waals surface area contributed by atoms with E-state index in [0.29, 0.717) is 0 Å². The molecule has 2 aromatic rings. The van der Waals surface area contributed by atoms with Gasteiger partial charge in [-0.15, -0.1) is 0 Å². The van der Waals surface area contributed by atoms with Crippen molar-refractivity contribution in [3.8, 4) is 0 Å². The highest BCUT2D eigenvalue weighted by molar-refractivity contribution is 7.94. The highest BCUT2D eigenvalue weighted by Crippen LogP contribution is 2.11. The van der Waals surface area contributed by atoms with Gasteiger partial charge in [0.2, 0.25) is 5.37 Å². The first-order valence-electron chi connectivity index (χ1n) is 6.55. The van der Waals surface area contributed by atoms with Gasteiger partial charge in [0, 0.05) is 11.3 Å². The lowest BCUT2D eigenvalue weighted by Crippen LogP contribution is -2.48. The fourth-order valence-corrected chi connectivity index (χ4v) is 2.90. The number of benzene rings is 2. The van der Waals surface area contributed by atoms with Crippen LogP contribution in [-0.4, -0.2) is 30.8 Å². The SMILES string of the molecule is O=C(NC(C(=O)O)S(=O)(=O)Nc1ccccc1)c1ccccc1. The van der Waals surface area contributed by atoms with E-state index in [9.17, 15) is 18.0 Å². The van der Waals surface area contributed by atoms with Gasteiger partial charge in [-0.2, -0.15) is 0 Å². The van der Waals surface area contributed by atoms with Gasteiger partial charge in [0.1, 0.15) is 0 Å². The first kappa shape index (κ1) is 16.5. The number of anilines is 1. The van der Waals surface area contributed by atoms with Crippen molar-refractivity contribution in [2.75, 3.05) is 4.72 Å². The maximum absolute atomic E-state index is 12.2. The third-order valence-corrected chi connectivity index (χ3v) is 4.33. The summed E-state index contributed by atoms with van der Waals surface area (Å²) in [6.45, 7) is 0. The van der Waals surface area contributed by atoms with Crippen LogP contribution >= 0.6 is 0 Å². The molecular formula is C15H14N2O5S. The molecule has 0 saturated heterocycles. The fraction of sp³-hybridized carbons (Fsp3) is 0.0667. The van der Waals surface area contributed by atoms with E-state index in [0.717, 1.165) is 0 Å². The van der Waals surface area contributed by atoms with Gasteiger partial charge in [0.25, 0.3) is 15.9 Å². The number of para-hydroxylation sites is 1. The average molecular weight is 334 g/mol. The molecule has 0 spiro atoms. The second kappa shape index (κ2) is 6.93.